The van der Waals surface area contributed by atoms with E-state index in [2.05, 4.69) is 0 Å². The first-order valence-corrected chi connectivity index (χ1v) is 14.6. The number of rotatable bonds is 13. The Bertz CT molecular complexity index is 1440. The van der Waals surface area contributed by atoms with E-state index < -0.39 is 56.0 Å². The molecule has 3 aromatic rings. The number of carbonyl (C=O) groups is 2. The maximum absolute atomic E-state index is 13.1. The minimum absolute atomic E-state index is 0.0427. The lowest BCUT2D eigenvalue weighted by atomic mass is 10.3. The quantitative estimate of drug-likeness (QED) is 0.286. The number of hydrogen-bond acceptors (Lipinski definition) is 10. The lowest BCUT2D eigenvalue weighted by molar-refractivity contribution is -0.148. The predicted octanol–water partition coefficient (Wildman–Crippen LogP) is 2.82. The van der Waals surface area contributed by atoms with Gasteiger partial charge in [-0.2, -0.15) is 0 Å². The highest BCUT2D eigenvalue weighted by Crippen LogP contribution is 2.30. The van der Waals surface area contributed by atoms with Gasteiger partial charge in [0.25, 0.3) is 5.44 Å². The first-order valence-electron chi connectivity index (χ1n) is 11.4. The first kappa shape index (κ1) is 28.7. The van der Waals surface area contributed by atoms with Gasteiger partial charge >= 0.3 is 11.9 Å². The summed E-state index contributed by atoms with van der Waals surface area (Å²) in [5.74, 6) is -2.57. The van der Waals surface area contributed by atoms with Gasteiger partial charge in [0, 0.05) is 0 Å². The van der Waals surface area contributed by atoms with Gasteiger partial charge in [-0.25, -0.2) is 26.4 Å². The Labute approximate surface area is 220 Å². The molecule has 0 bridgehead atoms. The van der Waals surface area contributed by atoms with Gasteiger partial charge in [0.2, 0.25) is 9.84 Å². The van der Waals surface area contributed by atoms with Crippen molar-refractivity contribution in [3.8, 4) is 11.5 Å². The van der Waals surface area contributed by atoms with Crippen LogP contribution in [-0.4, -0.2) is 59.8 Å². The maximum Gasteiger partial charge on any atom is 0.363 e. The molecule has 12 heteroatoms. The summed E-state index contributed by atoms with van der Waals surface area (Å²) in [5.41, 5.74) is -2.04. The van der Waals surface area contributed by atoms with Gasteiger partial charge < -0.3 is 18.9 Å². The van der Waals surface area contributed by atoms with Crippen LogP contribution in [0.3, 0.4) is 0 Å². The molecule has 0 saturated carbocycles. The van der Waals surface area contributed by atoms with Crippen molar-refractivity contribution in [2.75, 3.05) is 25.6 Å². The first-order chi connectivity index (χ1) is 18.1. The second kappa shape index (κ2) is 13.1. The number of benzene rings is 3. The van der Waals surface area contributed by atoms with Crippen LogP contribution in [0.25, 0.3) is 0 Å². The van der Waals surface area contributed by atoms with E-state index in [1.54, 1.807) is 30.3 Å². The van der Waals surface area contributed by atoms with E-state index in [0.29, 0.717) is 0 Å². The largest absolute Gasteiger partial charge is 0.478 e. The molecular formula is C26H26O10S2. The van der Waals surface area contributed by atoms with Gasteiger partial charge in [-0.05, 0) is 43.3 Å². The summed E-state index contributed by atoms with van der Waals surface area (Å²) >= 11 is 0. The Morgan fingerprint density at radius 2 is 1.29 bits per heavy atom. The van der Waals surface area contributed by atoms with Crippen LogP contribution in [0, 0.1) is 0 Å². The maximum atomic E-state index is 13.1. The SMILES string of the molecule is CCOC(=O)C(Oc1ccccc1OCC(=O)OCCS(=O)(=O)c1ccccc1)S(=O)(=O)c1ccccc1. The molecule has 0 spiro atoms. The molecule has 0 aromatic heterocycles. The second-order valence-electron chi connectivity index (χ2n) is 7.65. The third-order valence-electron chi connectivity index (χ3n) is 4.98. The molecule has 0 aliphatic carbocycles. The molecule has 0 heterocycles. The summed E-state index contributed by atoms with van der Waals surface area (Å²) in [7, 11) is -7.95. The molecule has 38 heavy (non-hydrogen) atoms. The average Bonchev–Trinajstić information content (AvgIpc) is 2.92. The van der Waals surface area contributed by atoms with E-state index in [9.17, 15) is 26.4 Å². The highest BCUT2D eigenvalue weighted by Gasteiger charge is 2.38. The van der Waals surface area contributed by atoms with E-state index in [1.807, 2.05) is 0 Å². The molecular weight excluding hydrogens is 536 g/mol. The molecule has 0 saturated heterocycles. The number of esters is 2. The molecule has 0 radical (unpaired) electrons. The topological polar surface area (TPSA) is 139 Å². The monoisotopic (exact) mass is 562 g/mol. The van der Waals surface area contributed by atoms with Crippen LogP contribution < -0.4 is 9.47 Å². The average molecular weight is 563 g/mol. The fourth-order valence-corrected chi connectivity index (χ4v) is 5.60. The Morgan fingerprint density at radius 3 is 1.89 bits per heavy atom. The summed E-state index contributed by atoms with van der Waals surface area (Å²) in [6.07, 6.45) is 0. The van der Waals surface area contributed by atoms with Gasteiger partial charge in [0.1, 0.15) is 6.61 Å². The van der Waals surface area contributed by atoms with Crippen molar-refractivity contribution in [3.63, 3.8) is 0 Å². The molecule has 1 unspecified atom stereocenters. The summed E-state index contributed by atoms with van der Waals surface area (Å²) < 4.78 is 71.8. The number of carbonyl (C=O) groups excluding carboxylic acids is 2. The van der Waals surface area contributed by atoms with Gasteiger partial charge in [0.05, 0.1) is 22.2 Å². The minimum atomic E-state index is -4.32. The van der Waals surface area contributed by atoms with E-state index in [0.717, 1.165) is 0 Å². The normalized spacial score (nSPS) is 12.2. The number of sulfone groups is 2. The van der Waals surface area contributed by atoms with Crippen molar-refractivity contribution in [2.24, 2.45) is 0 Å². The van der Waals surface area contributed by atoms with Crippen LogP contribution in [-0.2, 0) is 38.7 Å². The van der Waals surface area contributed by atoms with Crippen molar-refractivity contribution < 1.29 is 45.4 Å². The highest BCUT2D eigenvalue weighted by atomic mass is 32.2. The van der Waals surface area contributed by atoms with E-state index in [1.165, 1.54) is 61.5 Å². The Morgan fingerprint density at radius 1 is 0.737 bits per heavy atom. The molecule has 0 N–H and O–H groups in total. The summed E-state index contributed by atoms with van der Waals surface area (Å²) in [6.45, 7) is 0.434. The number of ether oxygens (including phenoxy) is 4. The number of para-hydroxylation sites is 2. The van der Waals surface area contributed by atoms with Crippen LogP contribution in [0.5, 0.6) is 11.5 Å². The molecule has 202 valence electrons. The second-order valence-corrected chi connectivity index (χ2v) is 11.7. The van der Waals surface area contributed by atoms with Crippen molar-refractivity contribution in [2.45, 2.75) is 22.2 Å². The molecule has 0 aliphatic heterocycles. The van der Waals surface area contributed by atoms with Crippen LogP contribution >= 0.6 is 0 Å². The van der Waals surface area contributed by atoms with Crippen molar-refractivity contribution in [1.82, 2.24) is 0 Å². The van der Waals surface area contributed by atoms with E-state index >= 15 is 0 Å². The summed E-state index contributed by atoms with van der Waals surface area (Å²) in [6, 6.07) is 20.8. The molecule has 3 aromatic carbocycles. The predicted molar refractivity (Wildman–Crippen MR) is 136 cm³/mol. The van der Waals surface area contributed by atoms with Crippen molar-refractivity contribution >= 4 is 31.6 Å². The number of hydrogen-bond donors (Lipinski definition) is 0. The molecule has 0 fully saturated rings. The smallest absolute Gasteiger partial charge is 0.363 e. The zero-order valence-corrected chi connectivity index (χ0v) is 22.0. The Hall–Kier alpha value is -3.90. The molecule has 10 nitrogen and oxygen atoms in total. The summed E-state index contributed by atoms with van der Waals surface area (Å²) in [4.78, 5) is 24.7. The third kappa shape index (κ3) is 7.56. The van der Waals surface area contributed by atoms with Crippen LogP contribution in [0.2, 0.25) is 0 Å². The van der Waals surface area contributed by atoms with Crippen molar-refractivity contribution in [1.29, 1.82) is 0 Å². The van der Waals surface area contributed by atoms with Crippen LogP contribution in [0.1, 0.15) is 6.92 Å². The van der Waals surface area contributed by atoms with Crippen LogP contribution in [0.4, 0.5) is 0 Å². The van der Waals surface area contributed by atoms with E-state index in [4.69, 9.17) is 18.9 Å². The fraction of sp³-hybridized carbons (Fsp3) is 0.231. The zero-order valence-electron chi connectivity index (χ0n) is 20.4. The molecule has 0 aliphatic rings. The Kier molecular flexibility index (Phi) is 9.85. The summed E-state index contributed by atoms with van der Waals surface area (Å²) in [5, 5.41) is 0. The minimum Gasteiger partial charge on any atom is -0.478 e. The highest BCUT2D eigenvalue weighted by molar-refractivity contribution is 7.92. The van der Waals surface area contributed by atoms with Crippen LogP contribution in [0.15, 0.2) is 94.7 Å². The van der Waals surface area contributed by atoms with Gasteiger partial charge in [-0.3, -0.25) is 0 Å². The molecule has 3 rings (SSSR count). The standard InChI is InChI=1S/C26H26O10S2/c1-2-33-25(28)26(38(31,32)21-13-7-4-8-14-21)36-23-16-10-9-15-22(23)35-19-24(27)34-17-18-37(29,30)20-11-5-3-6-12-20/h3-16,26H,2,17-19H2,1H3. The fourth-order valence-electron chi connectivity index (χ4n) is 3.15. The van der Waals surface area contributed by atoms with E-state index in [-0.39, 0.29) is 27.9 Å². The molecule has 1 atom stereocenters. The lowest BCUT2D eigenvalue weighted by Gasteiger charge is -2.20. The lowest BCUT2D eigenvalue weighted by Crippen LogP contribution is -2.37. The van der Waals surface area contributed by atoms with Gasteiger partial charge in [0.15, 0.2) is 27.9 Å². The Balaban J connectivity index is 1.67. The molecule has 0 amide bonds. The van der Waals surface area contributed by atoms with Gasteiger partial charge in [-0.15, -0.1) is 0 Å². The third-order valence-corrected chi connectivity index (χ3v) is 8.45. The van der Waals surface area contributed by atoms with Crippen molar-refractivity contribution in [3.05, 3.63) is 84.9 Å². The van der Waals surface area contributed by atoms with Gasteiger partial charge in [-0.1, -0.05) is 48.5 Å². The zero-order chi connectivity index (χ0) is 27.6.